The van der Waals surface area contributed by atoms with Gasteiger partial charge in [0, 0.05) is 16.1 Å². The lowest BCUT2D eigenvalue weighted by molar-refractivity contribution is 0.283. The van der Waals surface area contributed by atoms with Gasteiger partial charge in [0.2, 0.25) is 0 Å². The number of fused-ring (bicyclic) bond motifs is 1. The van der Waals surface area contributed by atoms with Crippen molar-refractivity contribution in [2.45, 2.75) is 6.61 Å². The molecule has 0 unspecified atom stereocenters. The van der Waals surface area contributed by atoms with E-state index in [1.165, 1.54) is 0 Å². The topological polar surface area (TPSA) is 31.4 Å². The summed E-state index contributed by atoms with van der Waals surface area (Å²) in [6.45, 7) is 0.356. The van der Waals surface area contributed by atoms with Gasteiger partial charge >= 0.3 is 0 Å². The van der Waals surface area contributed by atoms with Crippen molar-refractivity contribution in [3.63, 3.8) is 0 Å². The smallest absolute Gasteiger partial charge is 0.175 e. The van der Waals surface area contributed by atoms with Gasteiger partial charge in [-0.15, -0.1) is 11.3 Å². The Balaban J connectivity index is 1.67. The van der Waals surface area contributed by atoms with Gasteiger partial charge in [0.15, 0.2) is 11.5 Å². The van der Waals surface area contributed by atoms with Crippen LogP contribution in [0.25, 0.3) is 20.8 Å². The van der Waals surface area contributed by atoms with Gasteiger partial charge in [-0.05, 0) is 46.3 Å². The summed E-state index contributed by atoms with van der Waals surface area (Å²) in [6.07, 6.45) is 0. The molecule has 0 atom stereocenters. The lowest BCUT2D eigenvalue weighted by Gasteiger charge is -2.14. The average Bonchev–Trinajstić information content (AvgIpc) is 3.12. The summed E-state index contributed by atoms with van der Waals surface area (Å²) in [4.78, 5) is 4.72. The van der Waals surface area contributed by atoms with Crippen LogP contribution in [0.3, 0.4) is 0 Å². The van der Waals surface area contributed by atoms with E-state index in [0.717, 1.165) is 30.8 Å². The van der Waals surface area contributed by atoms with Crippen LogP contribution < -0.4 is 9.47 Å². The Morgan fingerprint density at radius 2 is 1.85 bits per heavy atom. The lowest BCUT2D eigenvalue weighted by Crippen LogP contribution is -1.99. The third-order valence-corrected chi connectivity index (χ3v) is 6.14. The van der Waals surface area contributed by atoms with E-state index in [4.69, 9.17) is 26.1 Å². The van der Waals surface area contributed by atoms with E-state index in [0.29, 0.717) is 23.1 Å². The number of rotatable bonds is 5. The minimum Gasteiger partial charge on any atom is -0.493 e. The Hall–Kier alpha value is -2.08. The molecule has 0 saturated carbocycles. The molecule has 0 spiro atoms. The minimum absolute atomic E-state index is 0.356. The number of aromatic nitrogens is 1. The fourth-order valence-electron chi connectivity index (χ4n) is 2.74. The molecule has 0 bridgehead atoms. The van der Waals surface area contributed by atoms with Gasteiger partial charge in [0.1, 0.15) is 11.6 Å². The Kier molecular flexibility index (Phi) is 5.34. The van der Waals surface area contributed by atoms with Crippen LogP contribution in [-0.4, -0.2) is 12.1 Å². The summed E-state index contributed by atoms with van der Waals surface area (Å²) in [5.41, 5.74) is 2.89. The number of halogens is 2. The molecule has 4 aromatic rings. The average molecular weight is 461 g/mol. The molecule has 0 fully saturated rings. The molecule has 1 aromatic heterocycles. The van der Waals surface area contributed by atoms with Crippen molar-refractivity contribution >= 4 is 49.1 Å². The third-order valence-electron chi connectivity index (χ3n) is 4.10. The molecule has 3 nitrogen and oxygen atoms in total. The van der Waals surface area contributed by atoms with Gasteiger partial charge in [-0.2, -0.15) is 0 Å². The van der Waals surface area contributed by atoms with Crippen molar-refractivity contribution in [2.24, 2.45) is 0 Å². The Labute approximate surface area is 174 Å². The number of nitrogens with zero attached hydrogens (tertiary/aromatic N) is 1. The number of methoxy groups -OCH3 is 1. The highest BCUT2D eigenvalue weighted by Gasteiger charge is 2.15. The van der Waals surface area contributed by atoms with Gasteiger partial charge in [-0.3, -0.25) is 0 Å². The monoisotopic (exact) mass is 459 g/mol. The van der Waals surface area contributed by atoms with Crippen LogP contribution in [0.5, 0.6) is 11.5 Å². The summed E-state index contributed by atoms with van der Waals surface area (Å²) in [5.74, 6) is 1.29. The number of benzene rings is 3. The maximum absolute atomic E-state index is 6.22. The highest BCUT2D eigenvalue weighted by Crippen LogP contribution is 2.41. The zero-order valence-electron chi connectivity index (χ0n) is 14.4. The Bertz CT molecular complexity index is 1080. The van der Waals surface area contributed by atoms with E-state index >= 15 is 0 Å². The Morgan fingerprint density at radius 3 is 2.63 bits per heavy atom. The van der Waals surface area contributed by atoms with Crippen molar-refractivity contribution in [3.05, 3.63) is 75.7 Å². The van der Waals surface area contributed by atoms with E-state index < -0.39 is 0 Å². The molecule has 1 heterocycles. The fraction of sp³-hybridized carbons (Fsp3) is 0.0952. The van der Waals surface area contributed by atoms with Crippen molar-refractivity contribution in [3.8, 4) is 22.1 Å². The molecule has 0 aliphatic carbocycles. The van der Waals surface area contributed by atoms with Crippen LogP contribution in [-0.2, 0) is 6.61 Å². The van der Waals surface area contributed by atoms with Gasteiger partial charge in [0.25, 0.3) is 0 Å². The maximum atomic E-state index is 6.22. The van der Waals surface area contributed by atoms with E-state index in [2.05, 4.69) is 22.0 Å². The summed E-state index contributed by atoms with van der Waals surface area (Å²) in [6, 6.07) is 19.7. The standard InChI is InChI=1S/C21H15BrClNO2S/c1-25-18-11-14(21-24-17-8-4-5-9-19(17)27-21)10-15(22)20(18)26-12-13-6-2-3-7-16(13)23/h2-11H,12H2,1H3. The number of hydrogen-bond donors (Lipinski definition) is 0. The second-order valence-corrected chi connectivity index (χ2v) is 8.15. The van der Waals surface area contributed by atoms with Crippen LogP contribution in [0.1, 0.15) is 5.56 Å². The van der Waals surface area contributed by atoms with Gasteiger partial charge in [0.05, 0.1) is 21.8 Å². The first-order valence-corrected chi connectivity index (χ1v) is 10.2. The molecule has 27 heavy (non-hydrogen) atoms. The maximum Gasteiger partial charge on any atom is 0.175 e. The number of hydrogen-bond acceptors (Lipinski definition) is 4. The molecule has 0 aliphatic heterocycles. The predicted molar refractivity (Wildman–Crippen MR) is 115 cm³/mol. The highest BCUT2D eigenvalue weighted by atomic mass is 79.9. The van der Waals surface area contributed by atoms with Crippen molar-refractivity contribution in [1.29, 1.82) is 0 Å². The third kappa shape index (κ3) is 3.81. The molecule has 3 aromatic carbocycles. The molecule has 0 N–H and O–H groups in total. The number of ether oxygens (including phenoxy) is 2. The van der Waals surface area contributed by atoms with E-state index in [9.17, 15) is 0 Å². The zero-order valence-corrected chi connectivity index (χ0v) is 17.6. The molecule has 6 heteroatoms. The minimum atomic E-state index is 0.356. The van der Waals surface area contributed by atoms with Crippen LogP contribution >= 0.6 is 38.9 Å². The Morgan fingerprint density at radius 1 is 1.07 bits per heavy atom. The summed E-state index contributed by atoms with van der Waals surface area (Å²) in [5, 5.41) is 1.62. The summed E-state index contributed by atoms with van der Waals surface area (Å²) >= 11 is 11.5. The first-order chi connectivity index (χ1) is 13.2. The second-order valence-electron chi connectivity index (χ2n) is 5.86. The normalized spacial score (nSPS) is 10.9. The second kappa shape index (κ2) is 7.89. The van der Waals surface area contributed by atoms with Crippen LogP contribution in [0.15, 0.2) is 65.1 Å². The largest absolute Gasteiger partial charge is 0.493 e. The SMILES string of the molecule is COc1cc(-c2nc3ccccc3s2)cc(Br)c1OCc1ccccc1Cl. The zero-order chi connectivity index (χ0) is 18.8. The lowest BCUT2D eigenvalue weighted by atomic mass is 10.2. The van der Waals surface area contributed by atoms with Crippen LogP contribution in [0.4, 0.5) is 0 Å². The number of para-hydroxylation sites is 1. The molecule has 0 radical (unpaired) electrons. The van der Waals surface area contributed by atoms with Gasteiger partial charge in [-0.1, -0.05) is 41.9 Å². The van der Waals surface area contributed by atoms with Crippen molar-refractivity contribution in [1.82, 2.24) is 4.98 Å². The molecular weight excluding hydrogens is 446 g/mol. The molecule has 0 amide bonds. The van der Waals surface area contributed by atoms with E-state index in [1.54, 1.807) is 18.4 Å². The summed E-state index contributed by atoms with van der Waals surface area (Å²) in [7, 11) is 1.63. The van der Waals surface area contributed by atoms with E-state index in [-0.39, 0.29) is 0 Å². The quantitative estimate of drug-likeness (QED) is 0.322. The van der Waals surface area contributed by atoms with Gasteiger partial charge < -0.3 is 9.47 Å². The van der Waals surface area contributed by atoms with E-state index in [1.807, 2.05) is 54.6 Å². The number of thiazole rings is 1. The highest BCUT2D eigenvalue weighted by molar-refractivity contribution is 9.10. The molecule has 4 rings (SSSR count). The predicted octanol–water partition coefficient (Wildman–Crippen LogP) is 6.97. The summed E-state index contributed by atoms with van der Waals surface area (Å²) < 4.78 is 13.5. The first kappa shape index (κ1) is 18.3. The first-order valence-electron chi connectivity index (χ1n) is 8.25. The molecule has 136 valence electrons. The van der Waals surface area contributed by atoms with Crippen molar-refractivity contribution in [2.75, 3.05) is 7.11 Å². The molecular formula is C21H15BrClNO2S. The van der Waals surface area contributed by atoms with Gasteiger partial charge in [-0.25, -0.2) is 4.98 Å². The van der Waals surface area contributed by atoms with Crippen molar-refractivity contribution < 1.29 is 9.47 Å². The molecule has 0 saturated heterocycles. The molecule has 0 aliphatic rings. The van der Waals surface area contributed by atoms with Crippen LogP contribution in [0, 0.1) is 0 Å². The van der Waals surface area contributed by atoms with Crippen LogP contribution in [0.2, 0.25) is 5.02 Å². The fourth-order valence-corrected chi connectivity index (χ4v) is 4.44.